The number of carbonyl (C=O) groups excluding carboxylic acids is 1. The number of pyridine rings is 2. The maximum absolute atomic E-state index is 12.9. The van der Waals surface area contributed by atoms with E-state index < -0.39 is 0 Å². The Bertz CT molecular complexity index is 1230. The van der Waals surface area contributed by atoms with Crippen molar-refractivity contribution >= 4 is 33.3 Å². The molecule has 162 valence electrons. The van der Waals surface area contributed by atoms with E-state index in [9.17, 15) is 4.79 Å². The SMILES string of the molecule is O=C(c1ccccn1)N1CCCC(c2cc(NCc3cccnc3)n3ncc(Br)c3n2)C1. The number of likely N-dealkylation sites (tertiary alicyclic amines) is 1. The quantitative estimate of drug-likeness (QED) is 0.455. The summed E-state index contributed by atoms with van der Waals surface area (Å²) in [5.41, 5.74) is 3.26. The fourth-order valence-corrected chi connectivity index (χ4v) is 4.39. The minimum absolute atomic E-state index is 0.0307. The highest BCUT2D eigenvalue weighted by atomic mass is 79.9. The van der Waals surface area contributed by atoms with Crippen molar-refractivity contribution in [1.82, 2.24) is 29.5 Å². The number of aromatic nitrogens is 5. The van der Waals surface area contributed by atoms with E-state index in [4.69, 9.17) is 4.98 Å². The first kappa shape index (κ1) is 20.6. The van der Waals surface area contributed by atoms with Gasteiger partial charge in [0.05, 0.1) is 16.4 Å². The molecule has 32 heavy (non-hydrogen) atoms. The van der Waals surface area contributed by atoms with Crippen molar-refractivity contribution in [2.24, 2.45) is 0 Å². The molecule has 0 bridgehead atoms. The number of hydrogen-bond donors (Lipinski definition) is 1. The zero-order chi connectivity index (χ0) is 21.9. The Hall–Kier alpha value is -3.33. The van der Waals surface area contributed by atoms with Crippen LogP contribution in [0.3, 0.4) is 0 Å². The van der Waals surface area contributed by atoms with Crippen molar-refractivity contribution in [2.45, 2.75) is 25.3 Å². The summed E-state index contributed by atoms with van der Waals surface area (Å²) >= 11 is 3.56. The Kier molecular flexibility index (Phi) is 5.81. The lowest BCUT2D eigenvalue weighted by Gasteiger charge is -2.32. The highest BCUT2D eigenvalue weighted by Crippen LogP contribution is 2.30. The molecule has 0 spiro atoms. The lowest BCUT2D eigenvalue weighted by molar-refractivity contribution is 0.0700. The molecule has 1 N–H and O–H groups in total. The molecule has 1 amide bonds. The van der Waals surface area contributed by atoms with Gasteiger partial charge in [-0.05, 0) is 52.5 Å². The monoisotopic (exact) mass is 491 g/mol. The third-order valence-corrected chi connectivity index (χ3v) is 6.22. The molecule has 4 aromatic heterocycles. The van der Waals surface area contributed by atoms with Gasteiger partial charge in [-0.2, -0.15) is 9.61 Å². The molecular weight excluding hydrogens is 470 g/mol. The average molecular weight is 492 g/mol. The van der Waals surface area contributed by atoms with E-state index in [0.717, 1.165) is 46.6 Å². The van der Waals surface area contributed by atoms with Crippen LogP contribution in [0.4, 0.5) is 5.82 Å². The van der Waals surface area contributed by atoms with Crippen LogP contribution in [0, 0.1) is 0 Å². The van der Waals surface area contributed by atoms with Gasteiger partial charge in [-0.1, -0.05) is 12.1 Å². The molecule has 0 aromatic carbocycles. The summed E-state index contributed by atoms with van der Waals surface area (Å²) in [6.07, 6.45) is 8.91. The third kappa shape index (κ3) is 4.20. The Labute approximate surface area is 193 Å². The van der Waals surface area contributed by atoms with E-state index in [1.165, 1.54) is 0 Å². The van der Waals surface area contributed by atoms with Crippen molar-refractivity contribution in [2.75, 3.05) is 18.4 Å². The molecule has 5 rings (SSSR count). The Morgan fingerprint density at radius 1 is 1.19 bits per heavy atom. The molecule has 1 atom stereocenters. The average Bonchev–Trinajstić information content (AvgIpc) is 3.24. The first-order valence-electron chi connectivity index (χ1n) is 10.6. The van der Waals surface area contributed by atoms with Gasteiger partial charge in [0.25, 0.3) is 5.91 Å². The van der Waals surface area contributed by atoms with Gasteiger partial charge in [0.15, 0.2) is 5.65 Å². The number of carbonyl (C=O) groups is 1. The standard InChI is InChI=1S/C23H22BrN7O/c24-18-14-28-31-21(27-13-16-5-3-8-25-12-16)11-20(29-22(18)31)17-6-4-10-30(15-17)23(32)19-7-1-2-9-26-19/h1-3,5,7-9,11-12,14,17,27H,4,6,10,13,15H2. The smallest absolute Gasteiger partial charge is 0.272 e. The van der Waals surface area contributed by atoms with Gasteiger partial charge in [-0.15, -0.1) is 0 Å². The lowest BCUT2D eigenvalue weighted by Crippen LogP contribution is -2.39. The summed E-state index contributed by atoms with van der Waals surface area (Å²) < 4.78 is 2.63. The van der Waals surface area contributed by atoms with Crippen molar-refractivity contribution < 1.29 is 4.79 Å². The summed E-state index contributed by atoms with van der Waals surface area (Å²) in [4.78, 5) is 28.1. The van der Waals surface area contributed by atoms with Crippen LogP contribution >= 0.6 is 15.9 Å². The Morgan fingerprint density at radius 2 is 2.12 bits per heavy atom. The van der Waals surface area contributed by atoms with E-state index in [1.54, 1.807) is 29.2 Å². The van der Waals surface area contributed by atoms with Gasteiger partial charge in [0.1, 0.15) is 11.5 Å². The fraction of sp³-hybridized carbons (Fsp3) is 0.261. The zero-order valence-electron chi connectivity index (χ0n) is 17.4. The molecule has 0 radical (unpaired) electrons. The van der Waals surface area contributed by atoms with Gasteiger partial charge < -0.3 is 10.2 Å². The maximum Gasteiger partial charge on any atom is 0.272 e. The van der Waals surface area contributed by atoms with Crippen molar-refractivity contribution in [3.05, 3.63) is 82.6 Å². The van der Waals surface area contributed by atoms with Crippen LogP contribution in [0.2, 0.25) is 0 Å². The molecule has 0 aliphatic carbocycles. The van der Waals surface area contributed by atoms with E-state index in [2.05, 4.69) is 36.3 Å². The van der Waals surface area contributed by atoms with Crippen LogP contribution in [0.5, 0.6) is 0 Å². The highest BCUT2D eigenvalue weighted by Gasteiger charge is 2.28. The summed E-state index contributed by atoms with van der Waals surface area (Å²) in [6, 6.07) is 11.4. The number of amides is 1. The minimum Gasteiger partial charge on any atom is -0.366 e. The largest absolute Gasteiger partial charge is 0.366 e. The third-order valence-electron chi connectivity index (χ3n) is 5.66. The zero-order valence-corrected chi connectivity index (χ0v) is 18.9. The van der Waals surface area contributed by atoms with E-state index in [-0.39, 0.29) is 11.8 Å². The molecular formula is C23H22BrN7O. The van der Waals surface area contributed by atoms with Gasteiger partial charge in [0.2, 0.25) is 0 Å². The number of hydrogen-bond acceptors (Lipinski definition) is 6. The van der Waals surface area contributed by atoms with Crippen LogP contribution in [-0.4, -0.2) is 48.5 Å². The number of halogens is 1. The first-order valence-corrected chi connectivity index (χ1v) is 11.4. The Morgan fingerprint density at radius 3 is 2.94 bits per heavy atom. The molecule has 5 heterocycles. The minimum atomic E-state index is -0.0307. The number of fused-ring (bicyclic) bond motifs is 1. The van der Waals surface area contributed by atoms with E-state index in [0.29, 0.717) is 18.8 Å². The predicted octanol–water partition coefficient (Wildman–Crippen LogP) is 3.91. The molecule has 1 aliphatic rings. The van der Waals surface area contributed by atoms with Gasteiger partial charge in [0, 0.05) is 50.2 Å². The topological polar surface area (TPSA) is 88.3 Å². The van der Waals surface area contributed by atoms with Crippen LogP contribution < -0.4 is 5.32 Å². The van der Waals surface area contributed by atoms with Crippen LogP contribution in [0.15, 0.2) is 65.7 Å². The molecule has 0 saturated carbocycles. The van der Waals surface area contributed by atoms with E-state index in [1.807, 2.05) is 41.4 Å². The number of piperidine rings is 1. The highest BCUT2D eigenvalue weighted by molar-refractivity contribution is 9.10. The van der Waals surface area contributed by atoms with Crippen LogP contribution in [0.25, 0.3) is 5.65 Å². The van der Waals surface area contributed by atoms with Crippen LogP contribution in [-0.2, 0) is 6.54 Å². The van der Waals surface area contributed by atoms with Crippen molar-refractivity contribution in [3.63, 3.8) is 0 Å². The molecule has 4 aromatic rings. The van der Waals surface area contributed by atoms with Crippen molar-refractivity contribution in [1.29, 1.82) is 0 Å². The van der Waals surface area contributed by atoms with E-state index >= 15 is 0 Å². The van der Waals surface area contributed by atoms with Crippen molar-refractivity contribution in [3.8, 4) is 0 Å². The summed E-state index contributed by atoms with van der Waals surface area (Å²) in [5, 5.41) is 7.92. The summed E-state index contributed by atoms with van der Waals surface area (Å²) in [6.45, 7) is 1.97. The second-order valence-electron chi connectivity index (χ2n) is 7.81. The van der Waals surface area contributed by atoms with Gasteiger partial charge >= 0.3 is 0 Å². The number of anilines is 1. The molecule has 1 aliphatic heterocycles. The predicted molar refractivity (Wildman–Crippen MR) is 124 cm³/mol. The van der Waals surface area contributed by atoms with Gasteiger partial charge in [-0.25, -0.2) is 4.98 Å². The number of rotatable bonds is 5. The van der Waals surface area contributed by atoms with Crippen LogP contribution in [0.1, 0.15) is 40.5 Å². The molecule has 1 fully saturated rings. The maximum atomic E-state index is 12.9. The van der Waals surface area contributed by atoms with Gasteiger partial charge in [-0.3, -0.25) is 14.8 Å². The second kappa shape index (κ2) is 9.04. The molecule has 9 heteroatoms. The summed E-state index contributed by atoms with van der Waals surface area (Å²) in [7, 11) is 0. The molecule has 1 saturated heterocycles. The first-order chi connectivity index (χ1) is 15.7. The number of nitrogens with zero attached hydrogens (tertiary/aromatic N) is 6. The Balaban J connectivity index is 1.41. The molecule has 8 nitrogen and oxygen atoms in total. The second-order valence-corrected chi connectivity index (χ2v) is 8.67. The normalized spacial score (nSPS) is 16.3. The number of nitrogens with one attached hydrogen (secondary N) is 1. The summed E-state index contributed by atoms with van der Waals surface area (Å²) in [5.74, 6) is 0.965. The fourth-order valence-electron chi connectivity index (χ4n) is 4.04. The molecule has 1 unspecified atom stereocenters. The lowest BCUT2D eigenvalue weighted by atomic mass is 9.94.